The normalized spacial score (nSPS) is 16.4. The summed E-state index contributed by atoms with van der Waals surface area (Å²) in [6, 6.07) is 12.6. The zero-order valence-electron chi connectivity index (χ0n) is 14.4. The van der Waals surface area contributed by atoms with Crippen LogP contribution in [0, 0.1) is 5.41 Å². The zero-order valence-corrected chi connectivity index (χ0v) is 14.4. The van der Waals surface area contributed by atoms with E-state index in [1.165, 1.54) is 0 Å². The Balaban J connectivity index is 1.58. The van der Waals surface area contributed by atoms with Gasteiger partial charge >= 0.3 is 0 Å². The molecule has 1 saturated heterocycles. The number of carbonyl (C=O) groups is 1. The molecule has 134 valence electrons. The van der Waals surface area contributed by atoms with Gasteiger partial charge in [-0.25, -0.2) is 0 Å². The largest absolute Gasteiger partial charge is 0.426 e. The Morgan fingerprint density at radius 1 is 1.20 bits per heavy atom. The van der Waals surface area contributed by atoms with Gasteiger partial charge < -0.3 is 24.5 Å². The minimum atomic E-state index is -0.239. The Morgan fingerprint density at radius 2 is 1.96 bits per heavy atom. The van der Waals surface area contributed by atoms with Gasteiger partial charge in [-0.3, -0.25) is 4.79 Å². The number of rotatable bonds is 7. The number of amides is 1. The minimum absolute atomic E-state index is 0.0222. The third-order valence-electron chi connectivity index (χ3n) is 4.51. The summed E-state index contributed by atoms with van der Waals surface area (Å²) in [5.41, 5.74) is -0.0222. The summed E-state index contributed by atoms with van der Waals surface area (Å²) in [5.74, 6) is 0.965. The van der Waals surface area contributed by atoms with Crippen LogP contribution in [0.2, 0.25) is 0 Å². The van der Waals surface area contributed by atoms with Gasteiger partial charge in [-0.1, -0.05) is 18.2 Å². The number of piperidine rings is 1. The summed E-state index contributed by atoms with van der Waals surface area (Å²) < 4.78 is 16.5. The number of furan rings is 1. The second kappa shape index (κ2) is 8.18. The van der Waals surface area contributed by atoms with Gasteiger partial charge in [-0.2, -0.15) is 0 Å². The maximum Gasteiger partial charge on any atom is 0.290 e. The molecule has 0 radical (unpaired) electrons. The number of para-hydroxylation sites is 1. The Bertz CT molecular complexity index is 672. The van der Waals surface area contributed by atoms with E-state index in [9.17, 15) is 4.79 Å². The van der Waals surface area contributed by atoms with Crippen molar-refractivity contribution in [3.63, 3.8) is 0 Å². The number of methoxy groups -OCH3 is 1. The van der Waals surface area contributed by atoms with E-state index < -0.39 is 0 Å². The Hall–Kier alpha value is -2.31. The molecule has 0 bridgehead atoms. The number of hydrogen-bond donors (Lipinski definition) is 2. The van der Waals surface area contributed by atoms with Crippen molar-refractivity contribution in [2.24, 2.45) is 5.41 Å². The van der Waals surface area contributed by atoms with Crippen molar-refractivity contribution in [3.8, 4) is 11.7 Å². The first-order valence-corrected chi connectivity index (χ1v) is 8.51. The van der Waals surface area contributed by atoms with Crippen molar-refractivity contribution in [2.75, 3.05) is 33.4 Å². The topological polar surface area (TPSA) is 72.7 Å². The smallest absolute Gasteiger partial charge is 0.290 e. The molecule has 3 rings (SSSR count). The summed E-state index contributed by atoms with van der Waals surface area (Å²) in [6.45, 7) is 3.08. The summed E-state index contributed by atoms with van der Waals surface area (Å²) in [6.07, 6.45) is 1.95. The van der Waals surface area contributed by atoms with Crippen LogP contribution >= 0.6 is 0 Å². The fourth-order valence-electron chi connectivity index (χ4n) is 3.09. The maximum absolute atomic E-state index is 12.4. The summed E-state index contributed by atoms with van der Waals surface area (Å²) in [4.78, 5) is 12.4. The van der Waals surface area contributed by atoms with Crippen LogP contribution < -0.4 is 15.4 Å². The fourth-order valence-corrected chi connectivity index (χ4v) is 3.09. The molecule has 25 heavy (non-hydrogen) atoms. The van der Waals surface area contributed by atoms with Crippen LogP contribution in [0.5, 0.6) is 11.7 Å². The van der Waals surface area contributed by atoms with E-state index in [-0.39, 0.29) is 17.1 Å². The average Bonchev–Trinajstić information content (AvgIpc) is 3.10. The number of benzene rings is 1. The molecular weight excluding hydrogens is 320 g/mol. The fraction of sp³-hybridized carbons (Fsp3) is 0.421. The third-order valence-corrected chi connectivity index (χ3v) is 4.51. The molecular formula is C19H24N2O4. The van der Waals surface area contributed by atoms with Crippen LogP contribution in [0.1, 0.15) is 23.4 Å². The molecule has 1 aromatic heterocycles. The van der Waals surface area contributed by atoms with E-state index in [2.05, 4.69) is 10.6 Å². The molecule has 1 aromatic carbocycles. The second-order valence-corrected chi connectivity index (χ2v) is 6.40. The van der Waals surface area contributed by atoms with Gasteiger partial charge in [0.25, 0.3) is 11.9 Å². The van der Waals surface area contributed by atoms with E-state index in [1.54, 1.807) is 19.2 Å². The highest BCUT2D eigenvalue weighted by atomic mass is 16.6. The zero-order chi connectivity index (χ0) is 17.5. The Morgan fingerprint density at radius 3 is 2.68 bits per heavy atom. The first-order chi connectivity index (χ1) is 12.2. The van der Waals surface area contributed by atoms with Gasteiger partial charge in [-0.15, -0.1) is 0 Å². The van der Waals surface area contributed by atoms with Gasteiger partial charge in [0, 0.05) is 25.1 Å². The lowest BCUT2D eigenvalue weighted by Gasteiger charge is -2.37. The lowest BCUT2D eigenvalue weighted by Crippen LogP contribution is -2.47. The molecule has 2 N–H and O–H groups in total. The first kappa shape index (κ1) is 17.5. The third kappa shape index (κ3) is 4.61. The van der Waals surface area contributed by atoms with Gasteiger partial charge in [0.05, 0.1) is 6.61 Å². The number of hydrogen-bond acceptors (Lipinski definition) is 5. The molecule has 6 nitrogen and oxygen atoms in total. The molecule has 2 aromatic rings. The number of ether oxygens (including phenoxy) is 2. The Kier molecular flexibility index (Phi) is 5.73. The molecule has 0 aliphatic carbocycles. The highest BCUT2D eigenvalue weighted by Gasteiger charge is 2.32. The van der Waals surface area contributed by atoms with Crippen molar-refractivity contribution in [1.29, 1.82) is 0 Å². The molecule has 1 fully saturated rings. The van der Waals surface area contributed by atoms with Gasteiger partial charge in [-0.05, 0) is 44.1 Å². The predicted octanol–water partition coefficient (Wildman–Crippen LogP) is 2.82. The van der Waals surface area contributed by atoms with Crippen molar-refractivity contribution in [2.45, 2.75) is 12.8 Å². The Labute approximate surface area is 147 Å². The monoisotopic (exact) mass is 344 g/mol. The molecule has 0 atom stereocenters. The minimum Gasteiger partial charge on any atom is -0.426 e. The molecule has 1 aliphatic rings. The van der Waals surface area contributed by atoms with Crippen LogP contribution in [0.3, 0.4) is 0 Å². The second-order valence-electron chi connectivity index (χ2n) is 6.40. The summed E-state index contributed by atoms with van der Waals surface area (Å²) in [5, 5.41) is 6.32. The van der Waals surface area contributed by atoms with Crippen LogP contribution in [0.15, 0.2) is 46.9 Å². The quantitative estimate of drug-likeness (QED) is 0.808. The lowest BCUT2D eigenvalue weighted by atomic mass is 9.79. The lowest BCUT2D eigenvalue weighted by molar-refractivity contribution is 0.0505. The molecule has 1 amide bonds. The maximum atomic E-state index is 12.4. The molecule has 1 aliphatic heterocycles. The molecule has 2 heterocycles. The average molecular weight is 344 g/mol. The molecule has 0 saturated carbocycles. The van der Waals surface area contributed by atoms with Crippen LogP contribution in [-0.2, 0) is 4.74 Å². The summed E-state index contributed by atoms with van der Waals surface area (Å²) >= 11 is 0. The molecule has 0 spiro atoms. The van der Waals surface area contributed by atoms with Crippen LogP contribution in [-0.4, -0.2) is 39.3 Å². The standard InChI is InChI=1S/C19H24N2O4/c1-23-14-19(9-11-20-12-10-19)13-21-18(22)16-7-8-17(25-16)24-15-5-3-2-4-6-15/h2-8,20H,9-14H2,1H3,(H,21,22). The number of carbonyl (C=O) groups excluding carboxylic acids is 1. The van der Waals surface area contributed by atoms with Crippen LogP contribution in [0.25, 0.3) is 0 Å². The first-order valence-electron chi connectivity index (χ1n) is 8.51. The predicted molar refractivity (Wildman–Crippen MR) is 94.0 cm³/mol. The SMILES string of the molecule is COCC1(CNC(=O)c2ccc(Oc3ccccc3)o2)CCNCC1. The van der Waals surface area contributed by atoms with E-state index in [4.69, 9.17) is 13.9 Å². The van der Waals surface area contributed by atoms with Crippen LogP contribution in [0.4, 0.5) is 0 Å². The van der Waals surface area contributed by atoms with Gasteiger partial charge in [0.1, 0.15) is 5.75 Å². The van der Waals surface area contributed by atoms with Gasteiger partial charge in [0.15, 0.2) is 5.76 Å². The van der Waals surface area contributed by atoms with E-state index >= 15 is 0 Å². The van der Waals surface area contributed by atoms with E-state index in [0.29, 0.717) is 24.8 Å². The molecule has 0 unspecified atom stereocenters. The van der Waals surface area contributed by atoms with E-state index in [1.807, 2.05) is 30.3 Å². The van der Waals surface area contributed by atoms with Crippen molar-refractivity contribution in [1.82, 2.24) is 10.6 Å². The van der Waals surface area contributed by atoms with Crippen molar-refractivity contribution >= 4 is 5.91 Å². The highest BCUT2D eigenvalue weighted by Crippen LogP contribution is 2.28. The van der Waals surface area contributed by atoms with E-state index in [0.717, 1.165) is 25.9 Å². The highest BCUT2D eigenvalue weighted by molar-refractivity contribution is 5.91. The van der Waals surface area contributed by atoms with Crippen molar-refractivity contribution in [3.05, 3.63) is 48.2 Å². The molecule has 6 heteroatoms. The van der Waals surface area contributed by atoms with Gasteiger partial charge in [0.2, 0.25) is 0 Å². The van der Waals surface area contributed by atoms with Crippen molar-refractivity contribution < 1.29 is 18.7 Å². The summed E-state index contributed by atoms with van der Waals surface area (Å²) in [7, 11) is 1.70. The number of nitrogens with one attached hydrogen (secondary N) is 2.